The summed E-state index contributed by atoms with van der Waals surface area (Å²) in [4.78, 5) is 13.9. The highest BCUT2D eigenvalue weighted by Crippen LogP contribution is 2.28. The first-order valence-corrected chi connectivity index (χ1v) is 10.4. The Morgan fingerprint density at radius 1 is 1.19 bits per heavy atom. The van der Waals surface area contributed by atoms with Crippen molar-refractivity contribution in [2.24, 2.45) is 7.05 Å². The van der Waals surface area contributed by atoms with Gasteiger partial charge in [-0.2, -0.15) is 9.40 Å². The summed E-state index contributed by atoms with van der Waals surface area (Å²) in [5, 5.41) is 4.45. The van der Waals surface area contributed by atoms with Gasteiger partial charge in [-0.05, 0) is 24.3 Å². The first-order chi connectivity index (χ1) is 12.8. The number of aromatic nitrogens is 2. The van der Waals surface area contributed by atoms with Gasteiger partial charge in [0, 0.05) is 56.1 Å². The van der Waals surface area contributed by atoms with Gasteiger partial charge in [0.15, 0.2) is 0 Å². The molecule has 10 heteroatoms. The number of nitrogens with zero attached hydrogens (tertiary/aromatic N) is 4. The number of amides is 1. The molecule has 1 aromatic heterocycles. The molecule has 0 spiro atoms. The van der Waals surface area contributed by atoms with E-state index in [1.807, 2.05) is 0 Å². The smallest absolute Gasteiger partial charge is 0.246 e. The number of sulfonamides is 1. The Bertz CT molecular complexity index is 980. The molecule has 144 valence electrons. The van der Waals surface area contributed by atoms with Crippen molar-refractivity contribution >= 4 is 45.2 Å². The second kappa shape index (κ2) is 8.02. The topological polar surface area (TPSA) is 75.5 Å². The Balaban J connectivity index is 1.65. The molecule has 1 aliphatic rings. The molecule has 0 N–H and O–H groups in total. The van der Waals surface area contributed by atoms with Crippen molar-refractivity contribution in [2.75, 3.05) is 26.2 Å². The van der Waals surface area contributed by atoms with Crippen molar-refractivity contribution in [2.45, 2.75) is 4.90 Å². The maximum atomic E-state index is 12.8. The predicted octanol–water partition coefficient (Wildman–Crippen LogP) is 2.27. The molecule has 1 amide bonds. The fraction of sp³-hybridized carbons (Fsp3) is 0.294. The molecule has 0 saturated carbocycles. The molecular weight excluding hydrogens is 411 g/mol. The van der Waals surface area contributed by atoms with Crippen molar-refractivity contribution in [1.29, 1.82) is 0 Å². The molecular formula is C17H18Cl2N4O3S. The zero-order valence-corrected chi connectivity index (χ0v) is 16.9. The summed E-state index contributed by atoms with van der Waals surface area (Å²) in [6.45, 7) is 0.983. The van der Waals surface area contributed by atoms with Crippen molar-refractivity contribution in [3.63, 3.8) is 0 Å². The van der Waals surface area contributed by atoms with Crippen LogP contribution in [0.3, 0.4) is 0 Å². The minimum atomic E-state index is -3.77. The molecule has 7 nitrogen and oxygen atoms in total. The van der Waals surface area contributed by atoms with Crippen LogP contribution in [0.25, 0.3) is 6.08 Å². The Labute approximate surface area is 167 Å². The van der Waals surface area contributed by atoms with Crippen molar-refractivity contribution < 1.29 is 13.2 Å². The standard InChI is InChI=1S/C17H18Cl2N4O3S/c1-21-12-13(11-20-21)2-5-17(24)22-6-8-23(9-7-22)27(25,26)16-10-14(18)3-4-15(16)19/h2-5,10-12H,6-9H2,1H3/b5-2+. The van der Waals surface area contributed by atoms with E-state index in [1.54, 1.807) is 35.1 Å². The molecule has 0 radical (unpaired) electrons. The van der Waals surface area contributed by atoms with E-state index in [0.29, 0.717) is 18.1 Å². The van der Waals surface area contributed by atoms with Crippen LogP contribution in [0.1, 0.15) is 5.56 Å². The van der Waals surface area contributed by atoms with Crippen molar-refractivity contribution in [3.05, 3.63) is 52.3 Å². The van der Waals surface area contributed by atoms with Crippen LogP contribution in [0.5, 0.6) is 0 Å². The maximum Gasteiger partial charge on any atom is 0.246 e. The normalized spacial score (nSPS) is 16.2. The van der Waals surface area contributed by atoms with Crippen LogP contribution in [-0.4, -0.2) is 59.5 Å². The third-order valence-electron chi connectivity index (χ3n) is 4.20. The van der Waals surface area contributed by atoms with Gasteiger partial charge in [-0.1, -0.05) is 23.2 Å². The molecule has 2 heterocycles. The molecule has 1 saturated heterocycles. The fourth-order valence-corrected chi connectivity index (χ4v) is 4.92. The van der Waals surface area contributed by atoms with Crippen LogP contribution in [-0.2, 0) is 21.9 Å². The Hall–Kier alpha value is -1.87. The second-order valence-electron chi connectivity index (χ2n) is 6.08. The fourth-order valence-electron chi connectivity index (χ4n) is 2.76. The SMILES string of the molecule is Cn1cc(/C=C/C(=O)N2CCN(S(=O)(=O)c3cc(Cl)ccc3Cl)CC2)cn1. The van der Waals surface area contributed by atoms with Crippen LogP contribution < -0.4 is 0 Å². The van der Waals surface area contributed by atoms with E-state index in [-0.39, 0.29) is 28.9 Å². The number of benzene rings is 1. The molecule has 3 rings (SSSR count). The van der Waals surface area contributed by atoms with Crippen LogP contribution in [0, 0.1) is 0 Å². The summed E-state index contributed by atoms with van der Waals surface area (Å²) < 4.78 is 28.6. The Kier molecular flexibility index (Phi) is 5.90. The van der Waals surface area contributed by atoms with E-state index >= 15 is 0 Å². The Morgan fingerprint density at radius 3 is 2.52 bits per heavy atom. The highest BCUT2D eigenvalue weighted by atomic mass is 35.5. The molecule has 0 unspecified atom stereocenters. The number of halogens is 2. The van der Waals surface area contributed by atoms with Crippen LogP contribution in [0.15, 0.2) is 41.6 Å². The molecule has 1 fully saturated rings. The summed E-state index contributed by atoms with van der Waals surface area (Å²) in [6.07, 6.45) is 6.60. The van der Waals surface area contributed by atoms with Gasteiger partial charge in [0.05, 0.1) is 11.2 Å². The zero-order valence-electron chi connectivity index (χ0n) is 14.5. The maximum absolute atomic E-state index is 12.8. The average molecular weight is 429 g/mol. The third kappa shape index (κ3) is 4.52. The number of carbonyl (C=O) groups is 1. The van der Waals surface area contributed by atoms with E-state index in [1.165, 1.54) is 28.6 Å². The lowest BCUT2D eigenvalue weighted by Crippen LogP contribution is -2.50. The van der Waals surface area contributed by atoms with E-state index < -0.39 is 10.0 Å². The summed E-state index contributed by atoms with van der Waals surface area (Å²) in [6, 6.07) is 4.33. The van der Waals surface area contributed by atoms with Gasteiger partial charge >= 0.3 is 0 Å². The lowest BCUT2D eigenvalue weighted by molar-refractivity contribution is -0.127. The first-order valence-electron chi connectivity index (χ1n) is 8.18. The van der Waals surface area contributed by atoms with Crippen molar-refractivity contribution in [1.82, 2.24) is 19.0 Å². The largest absolute Gasteiger partial charge is 0.337 e. The summed E-state index contributed by atoms with van der Waals surface area (Å²) >= 11 is 11.9. The quantitative estimate of drug-likeness (QED) is 0.699. The van der Waals surface area contributed by atoms with Gasteiger partial charge in [-0.3, -0.25) is 9.48 Å². The van der Waals surface area contributed by atoms with Gasteiger partial charge in [-0.15, -0.1) is 0 Å². The van der Waals surface area contributed by atoms with Gasteiger partial charge in [0.2, 0.25) is 15.9 Å². The van der Waals surface area contributed by atoms with E-state index in [2.05, 4.69) is 5.10 Å². The highest BCUT2D eigenvalue weighted by Gasteiger charge is 2.31. The van der Waals surface area contributed by atoms with Crippen LogP contribution in [0.2, 0.25) is 10.0 Å². The molecule has 0 aliphatic carbocycles. The number of hydrogen-bond acceptors (Lipinski definition) is 4. The monoisotopic (exact) mass is 428 g/mol. The first kappa shape index (κ1) is 19.9. The summed E-state index contributed by atoms with van der Waals surface area (Å²) in [5.74, 6) is -0.170. The molecule has 27 heavy (non-hydrogen) atoms. The lowest BCUT2D eigenvalue weighted by Gasteiger charge is -2.33. The predicted molar refractivity (Wildman–Crippen MR) is 104 cm³/mol. The molecule has 1 aromatic carbocycles. The van der Waals surface area contributed by atoms with Gasteiger partial charge in [0.25, 0.3) is 0 Å². The molecule has 0 atom stereocenters. The molecule has 1 aliphatic heterocycles. The number of hydrogen-bond donors (Lipinski definition) is 0. The minimum absolute atomic E-state index is 0.0204. The number of carbonyl (C=O) groups excluding carboxylic acids is 1. The highest BCUT2D eigenvalue weighted by molar-refractivity contribution is 7.89. The summed E-state index contributed by atoms with van der Waals surface area (Å²) in [7, 11) is -1.97. The van der Waals surface area contributed by atoms with Gasteiger partial charge in [0.1, 0.15) is 4.90 Å². The van der Waals surface area contributed by atoms with Crippen LogP contribution >= 0.6 is 23.2 Å². The lowest BCUT2D eigenvalue weighted by atomic mass is 10.3. The number of rotatable bonds is 4. The minimum Gasteiger partial charge on any atom is -0.337 e. The van der Waals surface area contributed by atoms with E-state index in [0.717, 1.165) is 5.56 Å². The third-order valence-corrected chi connectivity index (χ3v) is 6.82. The molecule has 2 aromatic rings. The second-order valence-corrected chi connectivity index (χ2v) is 8.83. The van der Waals surface area contributed by atoms with Crippen LogP contribution in [0.4, 0.5) is 0 Å². The average Bonchev–Trinajstić information content (AvgIpc) is 3.07. The zero-order chi connectivity index (χ0) is 19.6. The summed E-state index contributed by atoms with van der Waals surface area (Å²) in [5.41, 5.74) is 0.822. The number of piperazine rings is 1. The van der Waals surface area contributed by atoms with E-state index in [4.69, 9.17) is 23.2 Å². The number of aryl methyl sites for hydroxylation is 1. The van der Waals surface area contributed by atoms with Gasteiger partial charge in [-0.25, -0.2) is 8.42 Å². The van der Waals surface area contributed by atoms with Crippen molar-refractivity contribution in [3.8, 4) is 0 Å². The Morgan fingerprint density at radius 2 is 1.89 bits per heavy atom. The van der Waals surface area contributed by atoms with E-state index in [9.17, 15) is 13.2 Å². The van der Waals surface area contributed by atoms with Gasteiger partial charge < -0.3 is 4.90 Å². The molecule has 0 bridgehead atoms.